The predicted molar refractivity (Wildman–Crippen MR) is 46.4 cm³/mol. The summed E-state index contributed by atoms with van der Waals surface area (Å²) >= 11 is 0. The van der Waals surface area contributed by atoms with Gasteiger partial charge in [-0.25, -0.2) is 0 Å². The molecule has 0 saturated heterocycles. The van der Waals surface area contributed by atoms with Gasteiger partial charge in [0.05, 0.1) is 6.61 Å². The molecule has 0 radical (unpaired) electrons. The SMILES string of the molecule is CC(C)COCC1(N)CCC1. The molecular weight excluding hydrogens is 138 g/mol. The van der Waals surface area contributed by atoms with Gasteiger partial charge in [-0.2, -0.15) is 0 Å². The Morgan fingerprint density at radius 1 is 1.45 bits per heavy atom. The van der Waals surface area contributed by atoms with Crippen molar-refractivity contribution in [3.63, 3.8) is 0 Å². The van der Waals surface area contributed by atoms with Crippen LogP contribution in [0.15, 0.2) is 0 Å². The van der Waals surface area contributed by atoms with Crippen molar-refractivity contribution < 1.29 is 4.74 Å². The summed E-state index contributed by atoms with van der Waals surface area (Å²) in [6.07, 6.45) is 3.57. The van der Waals surface area contributed by atoms with E-state index in [1.54, 1.807) is 0 Å². The Morgan fingerprint density at radius 2 is 2.09 bits per heavy atom. The van der Waals surface area contributed by atoms with Crippen LogP contribution < -0.4 is 5.73 Å². The highest BCUT2D eigenvalue weighted by atomic mass is 16.5. The van der Waals surface area contributed by atoms with E-state index in [4.69, 9.17) is 10.5 Å². The summed E-state index contributed by atoms with van der Waals surface area (Å²) in [5, 5.41) is 0. The molecule has 0 aromatic carbocycles. The van der Waals surface area contributed by atoms with Crippen LogP contribution in [0.1, 0.15) is 33.1 Å². The molecule has 0 atom stereocenters. The molecule has 2 heteroatoms. The summed E-state index contributed by atoms with van der Waals surface area (Å²) in [7, 11) is 0. The van der Waals surface area contributed by atoms with Crippen molar-refractivity contribution >= 4 is 0 Å². The molecule has 2 N–H and O–H groups in total. The quantitative estimate of drug-likeness (QED) is 0.672. The molecular formula is C9H19NO. The van der Waals surface area contributed by atoms with Gasteiger partial charge in [0.25, 0.3) is 0 Å². The van der Waals surface area contributed by atoms with Crippen LogP contribution in [0.3, 0.4) is 0 Å². The lowest BCUT2D eigenvalue weighted by Crippen LogP contribution is -2.50. The van der Waals surface area contributed by atoms with Crippen molar-refractivity contribution in [2.45, 2.75) is 38.6 Å². The van der Waals surface area contributed by atoms with Crippen molar-refractivity contribution in [2.24, 2.45) is 11.7 Å². The minimum Gasteiger partial charge on any atom is -0.379 e. The van der Waals surface area contributed by atoms with E-state index in [9.17, 15) is 0 Å². The van der Waals surface area contributed by atoms with E-state index in [1.165, 1.54) is 6.42 Å². The Morgan fingerprint density at radius 3 is 2.45 bits per heavy atom. The van der Waals surface area contributed by atoms with Crippen LogP contribution in [0.25, 0.3) is 0 Å². The Labute approximate surface area is 69.1 Å². The standard InChI is InChI=1S/C9H19NO/c1-8(2)6-11-7-9(10)4-3-5-9/h8H,3-7,10H2,1-2H3. The van der Waals surface area contributed by atoms with Crippen LogP contribution in [0.4, 0.5) is 0 Å². The lowest BCUT2D eigenvalue weighted by molar-refractivity contribution is 0.0368. The van der Waals surface area contributed by atoms with E-state index in [-0.39, 0.29) is 5.54 Å². The Bertz CT molecular complexity index is 119. The minimum absolute atomic E-state index is 0.0366. The van der Waals surface area contributed by atoms with Crippen LogP contribution in [-0.2, 0) is 4.74 Å². The summed E-state index contributed by atoms with van der Waals surface area (Å²) < 4.78 is 5.48. The zero-order chi connectivity index (χ0) is 8.32. The van der Waals surface area contributed by atoms with Crippen molar-refractivity contribution in [1.29, 1.82) is 0 Å². The van der Waals surface area contributed by atoms with Crippen LogP contribution in [-0.4, -0.2) is 18.8 Å². The lowest BCUT2D eigenvalue weighted by Gasteiger charge is -2.37. The van der Waals surface area contributed by atoms with E-state index in [0.717, 1.165) is 26.1 Å². The van der Waals surface area contributed by atoms with Gasteiger partial charge < -0.3 is 10.5 Å². The maximum absolute atomic E-state index is 5.96. The van der Waals surface area contributed by atoms with Crippen LogP contribution >= 0.6 is 0 Å². The summed E-state index contributed by atoms with van der Waals surface area (Å²) in [6, 6.07) is 0. The molecule has 0 aromatic heterocycles. The molecule has 1 fully saturated rings. The van der Waals surface area contributed by atoms with Gasteiger partial charge in [-0.1, -0.05) is 13.8 Å². The van der Waals surface area contributed by atoms with Crippen molar-refractivity contribution in [3.8, 4) is 0 Å². The van der Waals surface area contributed by atoms with E-state index >= 15 is 0 Å². The highest BCUT2D eigenvalue weighted by molar-refractivity contribution is 4.92. The van der Waals surface area contributed by atoms with Gasteiger partial charge in [0, 0.05) is 12.1 Å². The molecule has 0 spiro atoms. The zero-order valence-corrected chi connectivity index (χ0v) is 7.60. The molecule has 0 heterocycles. The molecule has 66 valence electrons. The largest absolute Gasteiger partial charge is 0.379 e. The third-order valence-corrected chi connectivity index (χ3v) is 2.19. The summed E-state index contributed by atoms with van der Waals surface area (Å²) in [5.74, 6) is 0.624. The molecule has 0 aliphatic heterocycles. The van der Waals surface area contributed by atoms with E-state index < -0.39 is 0 Å². The van der Waals surface area contributed by atoms with Crippen LogP contribution in [0.2, 0.25) is 0 Å². The van der Waals surface area contributed by atoms with Gasteiger partial charge >= 0.3 is 0 Å². The number of rotatable bonds is 4. The average molecular weight is 157 g/mol. The van der Waals surface area contributed by atoms with E-state index in [0.29, 0.717) is 5.92 Å². The van der Waals surface area contributed by atoms with Crippen molar-refractivity contribution in [1.82, 2.24) is 0 Å². The molecule has 1 saturated carbocycles. The van der Waals surface area contributed by atoms with Gasteiger partial charge in [0.15, 0.2) is 0 Å². The fourth-order valence-corrected chi connectivity index (χ4v) is 1.27. The first-order valence-electron chi connectivity index (χ1n) is 4.49. The van der Waals surface area contributed by atoms with Gasteiger partial charge in [-0.3, -0.25) is 0 Å². The second-order valence-corrected chi connectivity index (χ2v) is 4.12. The van der Waals surface area contributed by atoms with Crippen molar-refractivity contribution in [3.05, 3.63) is 0 Å². The number of hydrogen-bond acceptors (Lipinski definition) is 2. The number of nitrogens with two attached hydrogens (primary N) is 1. The second-order valence-electron chi connectivity index (χ2n) is 4.12. The van der Waals surface area contributed by atoms with Gasteiger partial charge in [-0.05, 0) is 25.2 Å². The van der Waals surface area contributed by atoms with Crippen molar-refractivity contribution in [2.75, 3.05) is 13.2 Å². The lowest BCUT2D eigenvalue weighted by atomic mass is 9.78. The monoisotopic (exact) mass is 157 g/mol. The normalized spacial score (nSPS) is 21.8. The first-order chi connectivity index (χ1) is 5.12. The van der Waals surface area contributed by atoms with Gasteiger partial charge in [-0.15, -0.1) is 0 Å². The highest BCUT2D eigenvalue weighted by Crippen LogP contribution is 2.29. The Hall–Kier alpha value is -0.0800. The fourth-order valence-electron chi connectivity index (χ4n) is 1.27. The fraction of sp³-hybridized carbons (Fsp3) is 1.00. The molecule has 0 amide bonds. The molecule has 0 aromatic rings. The summed E-state index contributed by atoms with van der Waals surface area (Å²) in [5.41, 5.74) is 6.00. The molecule has 1 aliphatic carbocycles. The predicted octanol–water partition coefficient (Wildman–Crippen LogP) is 1.54. The zero-order valence-electron chi connectivity index (χ0n) is 7.60. The molecule has 0 bridgehead atoms. The van der Waals surface area contributed by atoms with Gasteiger partial charge in [0.1, 0.15) is 0 Å². The molecule has 0 unspecified atom stereocenters. The Kier molecular flexibility index (Phi) is 2.90. The topological polar surface area (TPSA) is 35.2 Å². The minimum atomic E-state index is 0.0366. The van der Waals surface area contributed by atoms with Crippen LogP contribution in [0.5, 0.6) is 0 Å². The van der Waals surface area contributed by atoms with E-state index in [1.807, 2.05) is 0 Å². The highest BCUT2D eigenvalue weighted by Gasteiger charge is 2.32. The first kappa shape index (κ1) is 9.01. The van der Waals surface area contributed by atoms with Gasteiger partial charge in [0.2, 0.25) is 0 Å². The molecule has 1 rings (SSSR count). The van der Waals surface area contributed by atoms with E-state index in [2.05, 4.69) is 13.8 Å². The molecule has 2 nitrogen and oxygen atoms in total. The number of ether oxygens (including phenoxy) is 1. The Balaban J connectivity index is 2.02. The molecule has 1 aliphatic rings. The van der Waals surface area contributed by atoms with Crippen LogP contribution in [0, 0.1) is 5.92 Å². The second kappa shape index (κ2) is 3.55. The maximum atomic E-state index is 5.96. The third kappa shape index (κ3) is 2.80. The smallest absolute Gasteiger partial charge is 0.0646 e. The average Bonchev–Trinajstić information content (AvgIpc) is 1.83. The molecule has 11 heavy (non-hydrogen) atoms. The summed E-state index contributed by atoms with van der Waals surface area (Å²) in [6.45, 7) is 5.91. The number of hydrogen-bond donors (Lipinski definition) is 1. The maximum Gasteiger partial charge on any atom is 0.0646 e. The summed E-state index contributed by atoms with van der Waals surface area (Å²) in [4.78, 5) is 0. The first-order valence-corrected chi connectivity index (χ1v) is 4.49. The third-order valence-electron chi connectivity index (χ3n) is 2.19.